The van der Waals surface area contributed by atoms with E-state index in [1.54, 1.807) is 13.1 Å². The van der Waals surface area contributed by atoms with Gasteiger partial charge in [0.1, 0.15) is 11.9 Å². The van der Waals surface area contributed by atoms with Crippen molar-refractivity contribution < 1.29 is 27.6 Å². The molecule has 1 aromatic heterocycles. The molecule has 9 nitrogen and oxygen atoms in total. The highest BCUT2D eigenvalue weighted by molar-refractivity contribution is 6.10. The molecule has 1 fully saturated rings. The highest BCUT2D eigenvalue weighted by Gasteiger charge is 2.49. The second-order valence-electron chi connectivity index (χ2n) is 13.2. The summed E-state index contributed by atoms with van der Waals surface area (Å²) in [5, 5.41) is 0. The molecule has 0 bridgehead atoms. The quantitative estimate of drug-likeness (QED) is 0.344. The molecule has 0 spiro atoms. The van der Waals surface area contributed by atoms with Gasteiger partial charge in [-0.25, -0.2) is 4.98 Å². The van der Waals surface area contributed by atoms with Crippen LogP contribution in [0.4, 0.5) is 30.4 Å². The molecule has 0 radical (unpaired) electrons. The number of carbonyl (C=O) groups is 3. The first kappa shape index (κ1) is 33.2. The van der Waals surface area contributed by atoms with Crippen LogP contribution in [0.2, 0.25) is 0 Å². The Morgan fingerprint density at radius 2 is 1.79 bits per heavy atom. The lowest BCUT2D eigenvalue weighted by molar-refractivity contribution is -0.137. The molecule has 4 heterocycles. The van der Waals surface area contributed by atoms with Crippen molar-refractivity contribution in [3.05, 3.63) is 94.2 Å². The third kappa shape index (κ3) is 6.41. The van der Waals surface area contributed by atoms with E-state index in [0.29, 0.717) is 38.4 Å². The topological polar surface area (TPSA) is 80.3 Å². The number of alkyl halides is 3. The predicted molar refractivity (Wildman–Crippen MR) is 177 cm³/mol. The molecule has 48 heavy (non-hydrogen) atoms. The van der Waals surface area contributed by atoms with E-state index in [4.69, 9.17) is 0 Å². The number of hydrogen-bond donors (Lipinski definition) is 0. The molecule has 3 amide bonds. The SMILES string of the molecule is Cc1cc(C(F)(F)F)cc(N2C(=O)C[C@@H]3CN(Cc4ccc5c(c4)CN(C(=O)/C=C/CN(C)C)C5)c4c(C)cccc4N(C)C(=O)[C@H]32)n1. The largest absolute Gasteiger partial charge is 0.416 e. The number of carbonyl (C=O) groups excluding carboxylic acids is 3. The van der Waals surface area contributed by atoms with Gasteiger partial charge in [-0.2, -0.15) is 13.2 Å². The second-order valence-corrected chi connectivity index (χ2v) is 13.2. The molecule has 6 rings (SSSR count). The van der Waals surface area contributed by atoms with Crippen molar-refractivity contribution in [3.8, 4) is 0 Å². The van der Waals surface area contributed by atoms with Crippen LogP contribution >= 0.6 is 0 Å². The van der Waals surface area contributed by atoms with Crippen LogP contribution in [0.15, 0.2) is 60.7 Å². The summed E-state index contributed by atoms with van der Waals surface area (Å²) in [6, 6.07) is 12.6. The second kappa shape index (κ2) is 12.7. The molecule has 0 unspecified atom stereocenters. The van der Waals surface area contributed by atoms with E-state index in [2.05, 4.69) is 16.0 Å². The van der Waals surface area contributed by atoms with Gasteiger partial charge in [-0.3, -0.25) is 19.3 Å². The number of halogens is 3. The van der Waals surface area contributed by atoms with Crippen molar-refractivity contribution >= 4 is 34.9 Å². The van der Waals surface area contributed by atoms with Crippen molar-refractivity contribution in [2.75, 3.05) is 48.9 Å². The minimum Gasteiger partial charge on any atom is -0.365 e. The van der Waals surface area contributed by atoms with Crippen molar-refractivity contribution in [1.82, 2.24) is 14.8 Å². The van der Waals surface area contributed by atoms with Gasteiger partial charge in [-0.05, 0) is 68.4 Å². The summed E-state index contributed by atoms with van der Waals surface area (Å²) in [4.78, 5) is 53.5. The fourth-order valence-corrected chi connectivity index (χ4v) is 7.04. The number of benzene rings is 2. The minimum atomic E-state index is -4.64. The monoisotopic (exact) mass is 660 g/mol. The standard InChI is InChI=1S/C36H39F3N6O3/c1-22-8-6-9-29-33(22)44(18-24-11-12-25-19-43(20-26(25)15-24)31(46)10-7-13-41(3)4)21-27-16-32(47)45(34(27)35(48)42(29)5)30-17-28(36(37,38)39)14-23(2)40-30/h6-12,14-15,17,27,34H,13,16,18-21H2,1-5H3/b10-7+/t27-,34+/m1/s1. The van der Waals surface area contributed by atoms with E-state index in [9.17, 15) is 27.6 Å². The number of para-hydroxylation sites is 1. The molecular formula is C36H39F3N6O3. The molecule has 252 valence electrons. The summed E-state index contributed by atoms with van der Waals surface area (Å²) in [5.74, 6) is -1.54. The molecule has 1 saturated heterocycles. The fraction of sp³-hybridized carbons (Fsp3) is 0.389. The number of hydrogen-bond acceptors (Lipinski definition) is 6. The lowest BCUT2D eigenvalue weighted by Gasteiger charge is -2.39. The maximum atomic E-state index is 14.2. The van der Waals surface area contributed by atoms with E-state index in [1.165, 1.54) is 16.7 Å². The molecule has 0 aliphatic carbocycles. The molecule has 3 aliphatic rings. The number of aryl methyl sites for hydroxylation is 2. The number of pyridine rings is 1. The summed E-state index contributed by atoms with van der Waals surface area (Å²) in [6.45, 7) is 5.90. The van der Waals surface area contributed by atoms with Crippen LogP contribution in [-0.2, 0) is 40.2 Å². The zero-order valence-electron chi connectivity index (χ0n) is 27.7. The highest BCUT2D eigenvalue weighted by Crippen LogP contribution is 2.42. The van der Waals surface area contributed by atoms with Crippen molar-refractivity contribution in [1.29, 1.82) is 0 Å². The van der Waals surface area contributed by atoms with Gasteiger partial charge in [0, 0.05) is 63.9 Å². The number of aromatic nitrogens is 1. The zero-order chi connectivity index (χ0) is 34.5. The van der Waals surface area contributed by atoms with Crippen LogP contribution in [-0.4, -0.2) is 72.8 Å². The summed E-state index contributed by atoms with van der Waals surface area (Å²) in [6.07, 6.45) is -1.18. The molecule has 2 aromatic carbocycles. The smallest absolute Gasteiger partial charge is 0.365 e. The Morgan fingerprint density at radius 3 is 2.52 bits per heavy atom. The van der Waals surface area contributed by atoms with Gasteiger partial charge in [-0.1, -0.05) is 36.4 Å². The average molecular weight is 661 g/mol. The van der Waals surface area contributed by atoms with Crippen LogP contribution in [0.5, 0.6) is 0 Å². The number of likely N-dealkylation sites (N-methyl/N-ethyl adjacent to an activating group) is 2. The first-order chi connectivity index (χ1) is 22.7. The van der Waals surface area contributed by atoms with Crippen LogP contribution in [0.1, 0.15) is 39.9 Å². The number of fused-ring (bicyclic) bond motifs is 3. The third-order valence-corrected chi connectivity index (χ3v) is 9.29. The molecule has 0 N–H and O–H groups in total. The summed E-state index contributed by atoms with van der Waals surface area (Å²) in [7, 11) is 5.53. The summed E-state index contributed by atoms with van der Waals surface area (Å²) in [5.41, 5.74) is 4.79. The first-order valence-corrected chi connectivity index (χ1v) is 15.9. The third-order valence-electron chi connectivity index (χ3n) is 9.29. The normalized spacial score (nSPS) is 19.6. The zero-order valence-corrected chi connectivity index (χ0v) is 27.7. The fourth-order valence-electron chi connectivity index (χ4n) is 7.04. The lowest BCUT2D eigenvalue weighted by atomic mass is 9.94. The molecular weight excluding hydrogens is 621 g/mol. The van der Waals surface area contributed by atoms with Gasteiger partial charge in [0.2, 0.25) is 17.7 Å². The van der Waals surface area contributed by atoms with Crippen molar-refractivity contribution in [3.63, 3.8) is 0 Å². The Kier molecular flexibility index (Phi) is 8.80. The minimum absolute atomic E-state index is 0.0124. The molecule has 2 atom stereocenters. The molecule has 3 aliphatic heterocycles. The van der Waals surface area contributed by atoms with Gasteiger partial charge in [0.15, 0.2) is 0 Å². The van der Waals surface area contributed by atoms with Gasteiger partial charge >= 0.3 is 6.18 Å². The van der Waals surface area contributed by atoms with Gasteiger partial charge in [0.05, 0.1) is 16.9 Å². The Labute approximate surface area is 278 Å². The molecule has 0 saturated carbocycles. The lowest BCUT2D eigenvalue weighted by Crippen LogP contribution is -2.52. The van der Waals surface area contributed by atoms with Gasteiger partial charge in [0.25, 0.3) is 0 Å². The number of rotatable bonds is 6. The Hall–Kier alpha value is -4.71. The number of anilines is 3. The Morgan fingerprint density at radius 1 is 1.04 bits per heavy atom. The Balaban J connectivity index is 1.32. The molecule has 3 aromatic rings. The van der Waals surface area contributed by atoms with Gasteiger partial charge < -0.3 is 19.6 Å². The van der Waals surface area contributed by atoms with E-state index >= 15 is 0 Å². The van der Waals surface area contributed by atoms with Crippen LogP contribution in [0.25, 0.3) is 0 Å². The van der Waals surface area contributed by atoms with E-state index in [-0.39, 0.29) is 29.7 Å². The van der Waals surface area contributed by atoms with E-state index in [0.717, 1.165) is 40.1 Å². The summed E-state index contributed by atoms with van der Waals surface area (Å²) < 4.78 is 41.3. The maximum Gasteiger partial charge on any atom is 0.416 e. The van der Waals surface area contributed by atoms with Crippen LogP contribution in [0.3, 0.4) is 0 Å². The van der Waals surface area contributed by atoms with Crippen molar-refractivity contribution in [2.45, 2.75) is 52.1 Å². The van der Waals surface area contributed by atoms with Crippen LogP contribution < -0.4 is 14.7 Å². The number of amides is 3. The van der Waals surface area contributed by atoms with Crippen LogP contribution in [0, 0.1) is 19.8 Å². The summed E-state index contributed by atoms with van der Waals surface area (Å²) >= 11 is 0. The molecule has 12 heteroatoms. The van der Waals surface area contributed by atoms with E-state index < -0.39 is 29.6 Å². The first-order valence-electron chi connectivity index (χ1n) is 15.9. The Bertz CT molecular complexity index is 1810. The predicted octanol–water partition coefficient (Wildman–Crippen LogP) is 5.08. The van der Waals surface area contributed by atoms with E-state index in [1.807, 2.05) is 67.2 Å². The van der Waals surface area contributed by atoms with Gasteiger partial charge in [-0.15, -0.1) is 0 Å². The highest BCUT2D eigenvalue weighted by atomic mass is 19.4. The van der Waals surface area contributed by atoms with Crippen molar-refractivity contribution in [2.24, 2.45) is 5.92 Å². The maximum absolute atomic E-state index is 14.2. The average Bonchev–Trinajstić information content (AvgIpc) is 3.58. The number of nitrogens with zero attached hydrogens (tertiary/aromatic N) is 6.